The number of hydrogen-bond acceptors (Lipinski definition) is 3. The second kappa shape index (κ2) is 4.05. The minimum Gasteiger partial charge on any atom is -0.431 e. The molecular formula is C5H7F3O3. The Hall–Kier alpha value is -0.940. The Morgan fingerprint density at radius 2 is 2.09 bits per heavy atom. The first-order chi connectivity index (χ1) is 4.95. The normalized spacial score (nSPS) is 10.9. The summed E-state index contributed by atoms with van der Waals surface area (Å²) >= 11 is 0. The van der Waals surface area contributed by atoms with Gasteiger partial charge in [0.15, 0.2) is 0 Å². The maximum atomic E-state index is 11.8. The largest absolute Gasteiger partial charge is 0.513 e. The highest BCUT2D eigenvalue weighted by atomic mass is 19.3. The topological polar surface area (TPSA) is 35.5 Å². The van der Waals surface area contributed by atoms with Crippen LogP contribution in [0.4, 0.5) is 18.0 Å². The van der Waals surface area contributed by atoms with Crippen molar-refractivity contribution in [3.05, 3.63) is 0 Å². The van der Waals surface area contributed by atoms with Gasteiger partial charge in [0.2, 0.25) is 0 Å². The monoisotopic (exact) mass is 172 g/mol. The summed E-state index contributed by atoms with van der Waals surface area (Å²) in [6.45, 7) is -1.12. The van der Waals surface area contributed by atoms with E-state index in [-0.39, 0.29) is 0 Å². The number of alkyl halides is 3. The molecule has 0 amide bonds. The first kappa shape index (κ1) is 10.1. The summed E-state index contributed by atoms with van der Waals surface area (Å²) in [4.78, 5) is 10.1. The zero-order valence-electron chi connectivity index (χ0n) is 5.77. The van der Waals surface area contributed by atoms with Crippen molar-refractivity contribution in [3.63, 3.8) is 0 Å². The first-order valence-electron chi connectivity index (χ1n) is 2.75. The SMILES string of the molecule is CC(F)(F)OC(=O)OCCF. The van der Waals surface area contributed by atoms with Crippen LogP contribution in [0.3, 0.4) is 0 Å². The highest BCUT2D eigenvalue weighted by Crippen LogP contribution is 2.13. The zero-order chi connectivity index (χ0) is 8.91. The quantitative estimate of drug-likeness (QED) is 0.608. The van der Waals surface area contributed by atoms with Gasteiger partial charge in [0.05, 0.1) is 0 Å². The molecule has 0 aliphatic heterocycles. The molecular weight excluding hydrogens is 165 g/mol. The Morgan fingerprint density at radius 3 is 2.45 bits per heavy atom. The van der Waals surface area contributed by atoms with Crippen LogP contribution in [0.1, 0.15) is 6.92 Å². The van der Waals surface area contributed by atoms with Crippen LogP contribution in [0.15, 0.2) is 0 Å². The Bertz CT molecular complexity index is 131. The van der Waals surface area contributed by atoms with E-state index in [4.69, 9.17) is 0 Å². The third kappa shape index (κ3) is 6.95. The summed E-state index contributed by atoms with van der Waals surface area (Å²) in [6, 6.07) is 0. The minimum absolute atomic E-state index is 0.379. The van der Waals surface area contributed by atoms with Gasteiger partial charge in [-0.25, -0.2) is 9.18 Å². The molecule has 0 saturated heterocycles. The fourth-order valence-corrected chi connectivity index (χ4v) is 0.298. The predicted molar refractivity (Wildman–Crippen MR) is 29.0 cm³/mol. The van der Waals surface area contributed by atoms with Crippen molar-refractivity contribution in [1.29, 1.82) is 0 Å². The van der Waals surface area contributed by atoms with Gasteiger partial charge in [-0.15, -0.1) is 0 Å². The van der Waals surface area contributed by atoms with E-state index in [0.29, 0.717) is 6.92 Å². The van der Waals surface area contributed by atoms with Gasteiger partial charge in [0.25, 0.3) is 0 Å². The molecule has 0 radical (unpaired) electrons. The highest BCUT2D eigenvalue weighted by Gasteiger charge is 2.27. The Kier molecular flexibility index (Phi) is 3.70. The fourth-order valence-electron chi connectivity index (χ4n) is 0.298. The van der Waals surface area contributed by atoms with E-state index >= 15 is 0 Å². The van der Waals surface area contributed by atoms with Gasteiger partial charge in [-0.1, -0.05) is 0 Å². The zero-order valence-corrected chi connectivity index (χ0v) is 5.77. The van der Waals surface area contributed by atoms with Crippen molar-refractivity contribution in [3.8, 4) is 0 Å². The summed E-state index contributed by atoms with van der Waals surface area (Å²) in [7, 11) is 0. The van der Waals surface area contributed by atoms with Gasteiger partial charge in [0, 0.05) is 6.92 Å². The summed E-state index contributed by atoms with van der Waals surface area (Å²) in [5, 5.41) is 0. The molecule has 0 aliphatic rings. The minimum atomic E-state index is -3.58. The summed E-state index contributed by atoms with van der Waals surface area (Å²) < 4.78 is 42.1. The first-order valence-corrected chi connectivity index (χ1v) is 2.75. The summed E-state index contributed by atoms with van der Waals surface area (Å²) in [5.41, 5.74) is 0. The van der Waals surface area contributed by atoms with E-state index < -0.39 is 25.5 Å². The highest BCUT2D eigenvalue weighted by molar-refractivity contribution is 5.60. The molecule has 66 valence electrons. The van der Waals surface area contributed by atoms with E-state index in [2.05, 4.69) is 9.47 Å². The van der Waals surface area contributed by atoms with Crippen LogP contribution in [-0.2, 0) is 9.47 Å². The molecule has 0 aromatic heterocycles. The molecule has 11 heavy (non-hydrogen) atoms. The van der Waals surface area contributed by atoms with Gasteiger partial charge >= 0.3 is 12.3 Å². The number of hydrogen-bond donors (Lipinski definition) is 0. The van der Waals surface area contributed by atoms with Crippen LogP contribution in [-0.4, -0.2) is 25.5 Å². The molecule has 0 atom stereocenters. The molecule has 6 heteroatoms. The van der Waals surface area contributed by atoms with Gasteiger partial charge in [0.1, 0.15) is 13.3 Å². The molecule has 0 aliphatic carbocycles. The van der Waals surface area contributed by atoms with Gasteiger partial charge < -0.3 is 9.47 Å². The van der Waals surface area contributed by atoms with E-state index in [0.717, 1.165) is 0 Å². The molecule has 0 unspecified atom stereocenters. The van der Waals surface area contributed by atoms with Crippen LogP contribution >= 0.6 is 0 Å². The lowest BCUT2D eigenvalue weighted by Crippen LogP contribution is -2.22. The number of halogens is 3. The average Bonchev–Trinajstić information content (AvgIpc) is 1.79. The van der Waals surface area contributed by atoms with Crippen LogP contribution in [0.2, 0.25) is 0 Å². The smallest absolute Gasteiger partial charge is 0.431 e. The van der Waals surface area contributed by atoms with E-state index in [1.165, 1.54) is 0 Å². The lowest BCUT2D eigenvalue weighted by atomic mass is 10.7. The third-order valence-corrected chi connectivity index (χ3v) is 0.560. The fraction of sp³-hybridized carbons (Fsp3) is 0.800. The standard InChI is InChI=1S/C5H7F3O3/c1-5(7,8)11-4(9)10-3-2-6/h2-3H2,1H3. The molecule has 0 rings (SSSR count). The van der Waals surface area contributed by atoms with Gasteiger partial charge in [-0.3, -0.25) is 0 Å². The second-order valence-electron chi connectivity index (χ2n) is 1.70. The van der Waals surface area contributed by atoms with Gasteiger partial charge in [-0.2, -0.15) is 8.78 Å². The Morgan fingerprint density at radius 1 is 1.55 bits per heavy atom. The molecule has 0 saturated carbocycles. The van der Waals surface area contributed by atoms with Crippen LogP contribution in [0.25, 0.3) is 0 Å². The second-order valence-corrected chi connectivity index (χ2v) is 1.70. The van der Waals surface area contributed by atoms with Crippen LogP contribution in [0.5, 0.6) is 0 Å². The molecule has 0 aromatic rings. The Labute approximate surface area is 61.1 Å². The molecule has 3 nitrogen and oxygen atoms in total. The van der Waals surface area contributed by atoms with Crippen molar-refractivity contribution in [1.82, 2.24) is 0 Å². The number of carbonyl (C=O) groups is 1. The maximum Gasteiger partial charge on any atom is 0.513 e. The lowest BCUT2D eigenvalue weighted by Gasteiger charge is -2.09. The van der Waals surface area contributed by atoms with Crippen molar-refractivity contribution in [2.75, 3.05) is 13.3 Å². The van der Waals surface area contributed by atoms with Crippen LogP contribution < -0.4 is 0 Å². The van der Waals surface area contributed by atoms with Crippen molar-refractivity contribution >= 4 is 6.16 Å². The molecule has 0 bridgehead atoms. The van der Waals surface area contributed by atoms with E-state index in [1.54, 1.807) is 0 Å². The van der Waals surface area contributed by atoms with Crippen molar-refractivity contribution < 1.29 is 27.4 Å². The molecule has 0 spiro atoms. The third-order valence-electron chi connectivity index (χ3n) is 0.560. The van der Waals surface area contributed by atoms with Crippen molar-refractivity contribution in [2.45, 2.75) is 13.0 Å². The van der Waals surface area contributed by atoms with Crippen molar-refractivity contribution in [2.24, 2.45) is 0 Å². The summed E-state index contributed by atoms with van der Waals surface area (Å²) in [6.07, 6.45) is -5.15. The van der Waals surface area contributed by atoms with Gasteiger partial charge in [-0.05, 0) is 0 Å². The molecule has 0 fully saturated rings. The number of carbonyl (C=O) groups excluding carboxylic acids is 1. The number of ether oxygens (including phenoxy) is 2. The van der Waals surface area contributed by atoms with Crippen LogP contribution in [0, 0.1) is 0 Å². The average molecular weight is 172 g/mol. The lowest BCUT2D eigenvalue weighted by molar-refractivity contribution is -0.196. The molecule has 0 aromatic carbocycles. The van der Waals surface area contributed by atoms with E-state index in [1.807, 2.05) is 0 Å². The molecule has 0 N–H and O–H groups in total. The predicted octanol–water partition coefficient (Wildman–Crippen LogP) is 1.72. The Balaban J connectivity index is 3.53. The maximum absolute atomic E-state index is 11.8. The molecule has 0 heterocycles. The van der Waals surface area contributed by atoms with E-state index in [9.17, 15) is 18.0 Å². The number of rotatable bonds is 3. The summed E-state index contributed by atoms with van der Waals surface area (Å²) in [5.74, 6) is 0.